The Kier molecular flexibility index (Phi) is 5.67. The summed E-state index contributed by atoms with van der Waals surface area (Å²) in [5.41, 5.74) is 5.16. The number of carbonyl (C=O) groups excluding carboxylic acids is 1. The molecule has 6 rings (SSSR count). The second-order valence-corrected chi connectivity index (χ2v) is 9.80. The Balaban J connectivity index is 1.60. The Morgan fingerprint density at radius 1 is 1.03 bits per heavy atom. The number of benzene rings is 2. The van der Waals surface area contributed by atoms with Crippen molar-refractivity contribution < 1.29 is 13.9 Å². The molecule has 0 unspecified atom stereocenters. The number of hydrogen-bond donors (Lipinski definition) is 1. The minimum absolute atomic E-state index is 0.0130. The topological polar surface area (TPSA) is 102 Å². The van der Waals surface area contributed by atoms with Crippen molar-refractivity contribution in [3.63, 3.8) is 0 Å². The highest BCUT2D eigenvalue weighted by Crippen LogP contribution is 2.40. The molecular weight excluding hydrogens is 468 g/mol. The number of aryl methyl sites for hydroxylation is 1. The van der Waals surface area contributed by atoms with Gasteiger partial charge in [-0.25, -0.2) is 14.5 Å². The SMILES string of the molecule is COc1cccc2oc(-c3c(C4CCC(C(C)=O)CC4)nc4c(-c5ccccc5)c(C)[nH]n4c3=O)nc12. The van der Waals surface area contributed by atoms with Crippen LogP contribution in [-0.4, -0.2) is 32.5 Å². The van der Waals surface area contributed by atoms with Gasteiger partial charge >= 0.3 is 0 Å². The molecule has 3 heterocycles. The van der Waals surface area contributed by atoms with E-state index < -0.39 is 0 Å². The zero-order chi connectivity index (χ0) is 25.7. The van der Waals surface area contributed by atoms with Crippen LogP contribution in [0, 0.1) is 12.8 Å². The molecule has 1 N–H and O–H groups in total. The minimum atomic E-state index is -0.260. The lowest BCUT2D eigenvalue weighted by atomic mass is 9.78. The van der Waals surface area contributed by atoms with E-state index in [9.17, 15) is 9.59 Å². The van der Waals surface area contributed by atoms with Gasteiger partial charge in [0, 0.05) is 23.1 Å². The van der Waals surface area contributed by atoms with E-state index in [1.807, 2.05) is 55.5 Å². The number of hydrogen-bond acceptors (Lipinski definition) is 6. The summed E-state index contributed by atoms with van der Waals surface area (Å²) in [6.07, 6.45) is 3.10. The van der Waals surface area contributed by atoms with Crippen LogP contribution in [-0.2, 0) is 4.79 Å². The monoisotopic (exact) mass is 496 g/mol. The van der Waals surface area contributed by atoms with Gasteiger partial charge in [0.25, 0.3) is 5.56 Å². The summed E-state index contributed by atoms with van der Waals surface area (Å²) in [6, 6.07) is 15.4. The maximum atomic E-state index is 14.1. The molecule has 3 aromatic heterocycles. The summed E-state index contributed by atoms with van der Waals surface area (Å²) in [5.74, 6) is 1.10. The van der Waals surface area contributed by atoms with Gasteiger partial charge in [0.05, 0.1) is 12.8 Å². The third-order valence-corrected chi connectivity index (χ3v) is 7.56. The van der Waals surface area contributed by atoms with E-state index in [-0.39, 0.29) is 29.1 Å². The molecule has 8 heteroatoms. The van der Waals surface area contributed by atoms with E-state index in [2.05, 4.69) is 5.10 Å². The highest BCUT2D eigenvalue weighted by molar-refractivity contribution is 5.84. The lowest BCUT2D eigenvalue weighted by Gasteiger charge is -2.27. The quantitative estimate of drug-likeness (QED) is 0.336. The number of ether oxygens (including phenoxy) is 1. The van der Waals surface area contributed by atoms with Crippen LogP contribution >= 0.6 is 0 Å². The third kappa shape index (κ3) is 3.84. The number of ketones is 1. The number of aromatic amines is 1. The first-order valence-electron chi connectivity index (χ1n) is 12.6. The van der Waals surface area contributed by atoms with Gasteiger partial charge in [0.15, 0.2) is 16.7 Å². The van der Waals surface area contributed by atoms with Crippen LogP contribution in [0.1, 0.15) is 49.9 Å². The van der Waals surface area contributed by atoms with Gasteiger partial charge in [-0.1, -0.05) is 36.4 Å². The number of nitrogens with zero attached hydrogens (tertiary/aromatic N) is 3. The van der Waals surface area contributed by atoms with Gasteiger partial charge < -0.3 is 9.15 Å². The highest BCUT2D eigenvalue weighted by Gasteiger charge is 2.32. The van der Waals surface area contributed by atoms with Gasteiger partial charge in [0.2, 0.25) is 5.89 Å². The first kappa shape index (κ1) is 23.2. The summed E-state index contributed by atoms with van der Waals surface area (Å²) < 4.78 is 13.1. The van der Waals surface area contributed by atoms with Crippen LogP contribution in [0.3, 0.4) is 0 Å². The van der Waals surface area contributed by atoms with E-state index >= 15 is 0 Å². The molecule has 2 aromatic carbocycles. The average molecular weight is 497 g/mol. The molecule has 1 fully saturated rings. The summed E-state index contributed by atoms with van der Waals surface area (Å²) in [7, 11) is 1.58. The number of methoxy groups -OCH3 is 1. The number of aromatic nitrogens is 4. The fraction of sp³-hybridized carbons (Fsp3) is 0.310. The molecular formula is C29H28N4O4. The predicted molar refractivity (Wildman–Crippen MR) is 141 cm³/mol. The average Bonchev–Trinajstić information content (AvgIpc) is 3.49. The predicted octanol–water partition coefficient (Wildman–Crippen LogP) is 5.68. The molecule has 188 valence electrons. The van der Waals surface area contributed by atoms with Crippen molar-refractivity contribution >= 4 is 22.5 Å². The Morgan fingerprint density at radius 3 is 2.49 bits per heavy atom. The first-order chi connectivity index (χ1) is 18.0. The molecule has 0 amide bonds. The zero-order valence-corrected chi connectivity index (χ0v) is 21.1. The molecule has 0 aliphatic heterocycles. The van der Waals surface area contributed by atoms with Crippen molar-refractivity contribution in [3.8, 4) is 28.3 Å². The highest BCUT2D eigenvalue weighted by atomic mass is 16.5. The largest absolute Gasteiger partial charge is 0.494 e. The molecule has 1 aliphatic carbocycles. The van der Waals surface area contributed by atoms with Gasteiger partial charge in [-0.05, 0) is 57.2 Å². The number of para-hydroxylation sites is 1. The molecule has 0 bridgehead atoms. The van der Waals surface area contributed by atoms with E-state index in [0.717, 1.165) is 42.5 Å². The molecule has 1 aliphatic rings. The van der Waals surface area contributed by atoms with Gasteiger partial charge in [-0.2, -0.15) is 0 Å². The number of oxazole rings is 1. The normalized spacial score (nSPS) is 17.9. The van der Waals surface area contributed by atoms with E-state index in [1.54, 1.807) is 14.0 Å². The lowest BCUT2D eigenvalue weighted by Crippen LogP contribution is -2.25. The van der Waals surface area contributed by atoms with Crippen LogP contribution in [0.15, 0.2) is 57.7 Å². The Morgan fingerprint density at radius 2 is 1.78 bits per heavy atom. The maximum absolute atomic E-state index is 14.1. The zero-order valence-electron chi connectivity index (χ0n) is 21.1. The number of H-pyrrole nitrogens is 1. The van der Waals surface area contributed by atoms with Gasteiger partial charge in [-0.3, -0.25) is 14.7 Å². The number of rotatable bonds is 5. The van der Waals surface area contributed by atoms with Crippen LogP contribution < -0.4 is 10.3 Å². The van der Waals surface area contributed by atoms with Crippen LogP contribution in [0.25, 0.3) is 39.3 Å². The van der Waals surface area contributed by atoms with Crippen LogP contribution in [0.4, 0.5) is 0 Å². The molecule has 0 radical (unpaired) electrons. The van der Waals surface area contributed by atoms with Crippen molar-refractivity contribution in [2.45, 2.75) is 45.4 Å². The Hall–Kier alpha value is -4.20. The van der Waals surface area contributed by atoms with Crippen molar-refractivity contribution in [1.29, 1.82) is 0 Å². The third-order valence-electron chi connectivity index (χ3n) is 7.56. The molecule has 0 atom stereocenters. The summed E-state index contributed by atoms with van der Waals surface area (Å²) in [5, 5.41) is 3.22. The molecule has 1 saturated carbocycles. The van der Waals surface area contributed by atoms with Gasteiger partial charge in [0.1, 0.15) is 17.1 Å². The van der Waals surface area contributed by atoms with E-state index in [1.165, 1.54) is 4.52 Å². The van der Waals surface area contributed by atoms with Crippen LogP contribution in [0.5, 0.6) is 5.75 Å². The number of Topliss-reactive ketones (excluding diaryl/α,β-unsaturated/α-hetero) is 1. The van der Waals surface area contributed by atoms with E-state index in [0.29, 0.717) is 33.8 Å². The van der Waals surface area contributed by atoms with Crippen molar-refractivity contribution in [2.75, 3.05) is 7.11 Å². The second-order valence-electron chi connectivity index (χ2n) is 9.80. The smallest absolute Gasteiger partial charge is 0.285 e. The molecule has 8 nitrogen and oxygen atoms in total. The van der Waals surface area contributed by atoms with E-state index in [4.69, 9.17) is 19.1 Å². The maximum Gasteiger partial charge on any atom is 0.285 e. The lowest BCUT2D eigenvalue weighted by molar-refractivity contribution is -0.121. The summed E-state index contributed by atoms with van der Waals surface area (Å²) in [6.45, 7) is 3.60. The number of carbonyl (C=O) groups is 1. The van der Waals surface area contributed by atoms with Crippen molar-refractivity contribution in [1.82, 2.24) is 19.6 Å². The summed E-state index contributed by atoms with van der Waals surface area (Å²) >= 11 is 0. The molecule has 0 saturated heterocycles. The molecule has 37 heavy (non-hydrogen) atoms. The van der Waals surface area contributed by atoms with Crippen molar-refractivity contribution in [2.24, 2.45) is 5.92 Å². The minimum Gasteiger partial charge on any atom is -0.494 e. The Labute approximate surface area is 213 Å². The van der Waals surface area contributed by atoms with Gasteiger partial charge in [-0.15, -0.1) is 0 Å². The standard InChI is InChI=1S/C29H28N4O4/c1-16-23(19-8-5-4-6-9-19)27-30-25(20-14-12-18(13-15-20)17(2)34)24(29(35)33(27)32-16)28-31-26-21(36-3)10-7-11-22(26)37-28/h4-11,18,20,32H,12-15H2,1-3H3. The number of fused-ring (bicyclic) bond motifs is 2. The van der Waals surface area contributed by atoms with Crippen molar-refractivity contribution in [3.05, 3.63) is 70.3 Å². The summed E-state index contributed by atoms with van der Waals surface area (Å²) in [4.78, 5) is 35.9. The fourth-order valence-corrected chi connectivity index (χ4v) is 5.62. The molecule has 0 spiro atoms. The first-order valence-corrected chi connectivity index (χ1v) is 12.6. The number of nitrogens with one attached hydrogen (secondary N) is 1. The Bertz CT molecular complexity index is 1690. The van der Waals surface area contributed by atoms with Crippen LogP contribution in [0.2, 0.25) is 0 Å². The fourth-order valence-electron chi connectivity index (χ4n) is 5.62. The second kappa shape index (κ2) is 9.03. The molecule has 5 aromatic rings.